The van der Waals surface area contributed by atoms with Crippen molar-refractivity contribution >= 4 is 11.6 Å². The van der Waals surface area contributed by atoms with Crippen molar-refractivity contribution in [1.29, 1.82) is 0 Å². The fourth-order valence-corrected chi connectivity index (χ4v) is 2.89. The average molecular weight is 296 g/mol. The van der Waals surface area contributed by atoms with Crippen LogP contribution >= 0.6 is 0 Å². The average Bonchev–Trinajstić information content (AvgIpc) is 2.61. The topological polar surface area (TPSA) is 41.0 Å². The van der Waals surface area contributed by atoms with Crippen LogP contribution in [0.3, 0.4) is 0 Å². The standard InChI is InChI=1S/C18H24N4/c1-3-8-16(9-4-1)10-7-11-19-17-14-18(21-15-20-17)22-12-5-2-6-13-22/h1,3-4,8-9,14-15H,2,5-7,10-13H2,(H,19,20,21). The molecule has 0 radical (unpaired) electrons. The van der Waals surface area contributed by atoms with E-state index < -0.39 is 0 Å². The number of aryl methyl sites for hydroxylation is 1. The van der Waals surface area contributed by atoms with Crippen molar-refractivity contribution in [2.45, 2.75) is 32.1 Å². The summed E-state index contributed by atoms with van der Waals surface area (Å²) >= 11 is 0. The largest absolute Gasteiger partial charge is 0.370 e. The molecule has 0 spiro atoms. The minimum atomic E-state index is 0.934. The van der Waals surface area contributed by atoms with Gasteiger partial charge in [-0.15, -0.1) is 0 Å². The fourth-order valence-electron chi connectivity index (χ4n) is 2.89. The van der Waals surface area contributed by atoms with Crippen molar-refractivity contribution in [2.24, 2.45) is 0 Å². The van der Waals surface area contributed by atoms with Crippen molar-refractivity contribution in [2.75, 3.05) is 29.9 Å². The SMILES string of the molecule is c1ccc(CCCNc2cc(N3CCCCC3)ncn2)cc1. The summed E-state index contributed by atoms with van der Waals surface area (Å²) < 4.78 is 0. The number of hydrogen-bond donors (Lipinski definition) is 1. The molecule has 0 aliphatic carbocycles. The summed E-state index contributed by atoms with van der Waals surface area (Å²) in [7, 11) is 0. The number of benzene rings is 1. The molecule has 22 heavy (non-hydrogen) atoms. The van der Waals surface area contributed by atoms with Gasteiger partial charge in [-0.3, -0.25) is 0 Å². The summed E-state index contributed by atoms with van der Waals surface area (Å²) in [6.45, 7) is 3.17. The van der Waals surface area contributed by atoms with E-state index in [4.69, 9.17) is 0 Å². The molecule has 3 rings (SSSR count). The van der Waals surface area contributed by atoms with Crippen LogP contribution in [-0.4, -0.2) is 29.6 Å². The van der Waals surface area contributed by atoms with E-state index in [9.17, 15) is 0 Å². The zero-order chi connectivity index (χ0) is 15.0. The normalized spacial score (nSPS) is 14.8. The van der Waals surface area contributed by atoms with Crippen molar-refractivity contribution in [3.63, 3.8) is 0 Å². The van der Waals surface area contributed by atoms with E-state index in [0.717, 1.165) is 44.1 Å². The molecule has 2 aromatic rings. The van der Waals surface area contributed by atoms with Gasteiger partial charge in [0.25, 0.3) is 0 Å². The van der Waals surface area contributed by atoms with Gasteiger partial charge in [-0.25, -0.2) is 9.97 Å². The molecule has 1 fully saturated rings. The lowest BCUT2D eigenvalue weighted by atomic mass is 10.1. The van der Waals surface area contributed by atoms with Crippen molar-refractivity contribution in [3.05, 3.63) is 48.3 Å². The van der Waals surface area contributed by atoms with Gasteiger partial charge in [0.05, 0.1) is 0 Å². The van der Waals surface area contributed by atoms with Crippen molar-refractivity contribution in [1.82, 2.24) is 9.97 Å². The molecule has 116 valence electrons. The van der Waals surface area contributed by atoms with Gasteiger partial charge in [0.2, 0.25) is 0 Å². The molecule has 1 saturated heterocycles. The first-order chi connectivity index (χ1) is 10.9. The van der Waals surface area contributed by atoms with Crippen LogP contribution in [0.15, 0.2) is 42.7 Å². The number of nitrogens with zero attached hydrogens (tertiary/aromatic N) is 3. The predicted octanol–water partition coefficient (Wildman–Crippen LogP) is 3.51. The highest BCUT2D eigenvalue weighted by molar-refractivity contribution is 5.48. The second-order valence-corrected chi connectivity index (χ2v) is 5.83. The summed E-state index contributed by atoms with van der Waals surface area (Å²) in [5, 5.41) is 3.42. The van der Waals surface area contributed by atoms with Crippen LogP contribution in [-0.2, 0) is 6.42 Å². The Morgan fingerprint density at radius 1 is 1.00 bits per heavy atom. The third kappa shape index (κ3) is 4.20. The number of rotatable bonds is 6. The highest BCUT2D eigenvalue weighted by Gasteiger charge is 2.12. The molecule has 4 nitrogen and oxygen atoms in total. The monoisotopic (exact) mass is 296 g/mol. The molecule has 4 heteroatoms. The summed E-state index contributed by atoms with van der Waals surface area (Å²) in [4.78, 5) is 11.1. The Morgan fingerprint density at radius 2 is 1.82 bits per heavy atom. The summed E-state index contributed by atoms with van der Waals surface area (Å²) in [6.07, 6.45) is 7.74. The molecule has 1 aliphatic heterocycles. The van der Waals surface area contributed by atoms with Crippen LogP contribution in [0.4, 0.5) is 11.6 Å². The number of hydrogen-bond acceptors (Lipinski definition) is 4. The predicted molar refractivity (Wildman–Crippen MR) is 91.3 cm³/mol. The zero-order valence-electron chi connectivity index (χ0n) is 13.0. The molecule has 1 aromatic heterocycles. The molecule has 0 bridgehead atoms. The fraction of sp³-hybridized carbons (Fsp3) is 0.444. The third-order valence-electron chi connectivity index (χ3n) is 4.12. The molecular formula is C18H24N4. The summed E-state index contributed by atoms with van der Waals surface area (Å²) in [5.74, 6) is 1.99. The Labute approximate surface area is 132 Å². The van der Waals surface area contributed by atoms with Gasteiger partial charge in [0.15, 0.2) is 0 Å². The first-order valence-electron chi connectivity index (χ1n) is 8.26. The highest BCUT2D eigenvalue weighted by Crippen LogP contribution is 2.19. The Morgan fingerprint density at radius 3 is 2.64 bits per heavy atom. The highest BCUT2D eigenvalue weighted by atomic mass is 15.2. The number of anilines is 2. The minimum Gasteiger partial charge on any atom is -0.370 e. The van der Waals surface area contributed by atoms with Crippen molar-refractivity contribution < 1.29 is 0 Å². The van der Waals surface area contributed by atoms with Gasteiger partial charge in [-0.2, -0.15) is 0 Å². The van der Waals surface area contributed by atoms with Crippen LogP contribution in [0.1, 0.15) is 31.2 Å². The lowest BCUT2D eigenvalue weighted by molar-refractivity contribution is 0.573. The van der Waals surface area contributed by atoms with Gasteiger partial charge in [0.1, 0.15) is 18.0 Å². The van der Waals surface area contributed by atoms with Gasteiger partial charge in [-0.1, -0.05) is 30.3 Å². The van der Waals surface area contributed by atoms with Crippen LogP contribution in [0.5, 0.6) is 0 Å². The van der Waals surface area contributed by atoms with E-state index >= 15 is 0 Å². The summed E-state index contributed by atoms with van der Waals surface area (Å²) in [5.41, 5.74) is 1.39. The maximum absolute atomic E-state index is 4.41. The maximum Gasteiger partial charge on any atom is 0.134 e. The molecule has 1 aliphatic rings. The lowest BCUT2D eigenvalue weighted by Crippen LogP contribution is -2.30. The van der Waals surface area contributed by atoms with E-state index in [-0.39, 0.29) is 0 Å². The van der Waals surface area contributed by atoms with Gasteiger partial charge >= 0.3 is 0 Å². The maximum atomic E-state index is 4.41. The Hall–Kier alpha value is -2.10. The second kappa shape index (κ2) is 7.78. The molecule has 1 N–H and O–H groups in total. The van der Waals surface area contributed by atoms with Crippen molar-refractivity contribution in [3.8, 4) is 0 Å². The first-order valence-corrected chi connectivity index (χ1v) is 8.26. The van der Waals surface area contributed by atoms with E-state index in [1.54, 1.807) is 6.33 Å². The van der Waals surface area contributed by atoms with E-state index in [0.29, 0.717) is 0 Å². The molecule has 0 saturated carbocycles. The third-order valence-corrected chi connectivity index (χ3v) is 4.12. The molecular weight excluding hydrogens is 272 g/mol. The summed E-state index contributed by atoms with van der Waals surface area (Å²) in [6, 6.07) is 12.7. The second-order valence-electron chi connectivity index (χ2n) is 5.83. The Bertz CT molecular complexity index is 564. The van der Waals surface area contributed by atoms with Gasteiger partial charge < -0.3 is 10.2 Å². The number of aromatic nitrogens is 2. The Balaban J connectivity index is 1.48. The zero-order valence-corrected chi connectivity index (χ0v) is 13.0. The molecule has 2 heterocycles. The molecule has 0 atom stereocenters. The van der Waals surface area contributed by atoms with E-state index in [1.165, 1.54) is 24.8 Å². The lowest BCUT2D eigenvalue weighted by Gasteiger charge is -2.27. The van der Waals surface area contributed by atoms with Crippen LogP contribution in [0, 0.1) is 0 Å². The van der Waals surface area contributed by atoms with Crippen LogP contribution in [0.2, 0.25) is 0 Å². The molecule has 0 amide bonds. The minimum absolute atomic E-state index is 0.934. The van der Waals surface area contributed by atoms with Gasteiger partial charge in [0, 0.05) is 25.7 Å². The smallest absolute Gasteiger partial charge is 0.134 e. The Kier molecular flexibility index (Phi) is 5.24. The van der Waals surface area contributed by atoms with Crippen LogP contribution < -0.4 is 10.2 Å². The number of piperidine rings is 1. The first kappa shape index (κ1) is 14.8. The number of nitrogens with one attached hydrogen (secondary N) is 1. The molecule has 1 aromatic carbocycles. The quantitative estimate of drug-likeness (QED) is 0.828. The molecule has 0 unspecified atom stereocenters. The van der Waals surface area contributed by atoms with Crippen LogP contribution in [0.25, 0.3) is 0 Å². The van der Waals surface area contributed by atoms with Gasteiger partial charge in [-0.05, 0) is 37.7 Å². The van der Waals surface area contributed by atoms with E-state index in [1.807, 2.05) is 0 Å². The van der Waals surface area contributed by atoms with E-state index in [2.05, 4.69) is 56.6 Å².